The number of nitrogens with zero attached hydrogens (tertiary/aromatic N) is 2. The molecule has 0 radical (unpaired) electrons. The maximum atomic E-state index is 11.9. The van der Waals surface area contributed by atoms with Gasteiger partial charge in [0.15, 0.2) is 0 Å². The van der Waals surface area contributed by atoms with Crippen molar-refractivity contribution >= 4 is 5.91 Å². The van der Waals surface area contributed by atoms with E-state index in [1.54, 1.807) is 12.3 Å². The van der Waals surface area contributed by atoms with Gasteiger partial charge in [-0.25, -0.2) is 0 Å². The summed E-state index contributed by atoms with van der Waals surface area (Å²) >= 11 is 0. The molecule has 1 fully saturated rings. The molecule has 0 unspecified atom stereocenters. The lowest BCUT2D eigenvalue weighted by molar-refractivity contribution is 0.0864. The van der Waals surface area contributed by atoms with Crippen LogP contribution in [-0.2, 0) is 0 Å². The van der Waals surface area contributed by atoms with E-state index in [0.29, 0.717) is 18.3 Å². The Bertz CT molecular complexity index is 626. The molecular weight excluding hydrogens is 300 g/mol. The van der Waals surface area contributed by atoms with E-state index in [1.807, 2.05) is 6.07 Å². The van der Waals surface area contributed by atoms with E-state index < -0.39 is 0 Å². The number of benzene rings is 1. The molecule has 1 saturated heterocycles. The van der Waals surface area contributed by atoms with Gasteiger partial charge in [-0.15, -0.1) is 0 Å². The minimum atomic E-state index is -0.0296. The van der Waals surface area contributed by atoms with E-state index >= 15 is 0 Å². The van der Waals surface area contributed by atoms with Crippen LogP contribution in [0.4, 0.5) is 0 Å². The quantitative estimate of drug-likeness (QED) is 0.800. The number of nitrogens with one attached hydrogen (secondary N) is 2. The van der Waals surface area contributed by atoms with Crippen LogP contribution < -0.4 is 5.32 Å². The molecule has 1 aliphatic heterocycles. The lowest BCUT2D eigenvalue weighted by Gasteiger charge is -2.40. The fourth-order valence-electron chi connectivity index (χ4n) is 3.27. The van der Waals surface area contributed by atoms with Crippen molar-refractivity contribution in [3.63, 3.8) is 0 Å². The van der Waals surface area contributed by atoms with Gasteiger partial charge in [0, 0.05) is 45.0 Å². The highest BCUT2D eigenvalue weighted by molar-refractivity contribution is 5.92. The number of likely N-dealkylation sites (N-methyl/N-ethyl adjacent to an activating group) is 1. The van der Waals surface area contributed by atoms with E-state index in [9.17, 15) is 4.79 Å². The standard InChI is InChI=1S/C19H26N4O/c1-22-13-14-23(18(15-22)16-7-3-2-4-8-16)12-6-11-21-19(24)17-9-5-10-20-17/h2-5,7-10,18,20H,6,11-15H2,1H3,(H,21,24)/t18-/m0/s1. The van der Waals surface area contributed by atoms with Crippen molar-refractivity contribution < 1.29 is 4.79 Å². The number of H-pyrrole nitrogens is 1. The van der Waals surface area contributed by atoms with Crippen LogP contribution in [-0.4, -0.2) is 60.5 Å². The van der Waals surface area contributed by atoms with E-state index in [4.69, 9.17) is 0 Å². The molecule has 128 valence electrons. The smallest absolute Gasteiger partial charge is 0.267 e. The molecule has 0 bridgehead atoms. The van der Waals surface area contributed by atoms with Crippen molar-refractivity contribution in [1.82, 2.24) is 20.1 Å². The summed E-state index contributed by atoms with van der Waals surface area (Å²) in [6, 6.07) is 14.8. The highest BCUT2D eigenvalue weighted by Crippen LogP contribution is 2.24. The molecule has 3 rings (SSSR count). The summed E-state index contributed by atoms with van der Waals surface area (Å²) < 4.78 is 0. The summed E-state index contributed by atoms with van der Waals surface area (Å²) in [7, 11) is 2.18. The Labute approximate surface area is 143 Å². The van der Waals surface area contributed by atoms with E-state index in [2.05, 4.69) is 57.5 Å². The SMILES string of the molecule is CN1CCN(CCCNC(=O)c2ccc[nH]2)[C@H](c2ccccc2)C1. The highest BCUT2D eigenvalue weighted by atomic mass is 16.1. The molecule has 2 N–H and O–H groups in total. The monoisotopic (exact) mass is 326 g/mol. The van der Waals surface area contributed by atoms with Crippen LogP contribution in [0.5, 0.6) is 0 Å². The van der Waals surface area contributed by atoms with E-state index in [0.717, 1.165) is 32.6 Å². The van der Waals surface area contributed by atoms with Gasteiger partial charge in [0.2, 0.25) is 0 Å². The van der Waals surface area contributed by atoms with Crippen LogP contribution in [0.15, 0.2) is 48.7 Å². The predicted molar refractivity (Wildman–Crippen MR) is 96.0 cm³/mol. The van der Waals surface area contributed by atoms with Gasteiger partial charge in [-0.3, -0.25) is 9.69 Å². The zero-order valence-corrected chi connectivity index (χ0v) is 14.2. The second-order valence-corrected chi connectivity index (χ2v) is 6.42. The predicted octanol–water partition coefficient (Wildman–Crippen LogP) is 2.12. The Morgan fingerprint density at radius 3 is 2.79 bits per heavy atom. The molecule has 1 aromatic heterocycles. The van der Waals surface area contributed by atoms with Crippen LogP contribution in [0.3, 0.4) is 0 Å². The van der Waals surface area contributed by atoms with Crippen LogP contribution in [0.2, 0.25) is 0 Å². The maximum absolute atomic E-state index is 11.9. The molecule has 24 heavy (non-hydrogen) atoms. The van der Waals surface area contributed by atoms with Crippen molar-refractivity contribution in [1.29, 1.82) is 0 Å². The van der Waals surface area contributed by atoms with Crippen molar-refractivity contribution in [3.8, 4) is 0 Å². The fourth-order valence-corrected chi connectivity index (χ4v) is 3.27. The van der Waals surface area contributed by atoms with Crippen LogP contribution in [0, 0.1) is 0 Å². The fraction of sp³-hybridized carbons (Fsp3) is 0.421. The Morgan fingerprint density at radius 1 is 1.21 bits per heavy atom. The summed E-state index contributed by atoms with van der Waals surface area (Å²) in [5.74, 6) is -0.0296. The van der Waals surface area contributed by atoms with Crippen molar-refractivity contribution in [2.24, 2.45) is 0 Å². The topological polar surface area (TPSA) is 51.4 Å². The molecule has 1 aromatic carbocycles. The van der Waals surface area contributed by atoms with Gasteiger partial charge >= 0.3 is 0 Å². The van der Waals surface area contributed by atoms with Gasteiger partial charge in [-0.1, -0.05) is 30.3 Å². The van der Waals surface area contributed by atoms with Crippen LogP contribution in [0.25, 0.3) is 0 Å². The molecule has 1 aliphatic rings. The largest absolute Gasteiger partial charge is 0.357 e. The van der Waals surface area contributed by atoms with Gasteiger partial charge in [-0.05, 0) is 31.2 Å². The first-order chi connectivity index (χ1) is 11.7. The molecule has 0 saturated carbocycles. The van der Waals surface area contributed by atoms with Gasteiger partial charge in [0.05, 0.1) is 0 Å². The Hall–Kier alpha value is -2.11. The lowest BCUT2D eigenvalue weighted by atomic mass is 10.0. The van der Waals surface area contributed by atoms with E-state index in [-0.39, 0.29) is 5.91 Å². The molecule has 5 heteroatoms. The normalized spacial score (nSPS) is 19.3. The minimum absolute atomic E-state index is 0.0296. The van der Waals surface area contributed by atoms with Gasteiger partial charge < -0.3 is 15.2 Å². The van der Waals surface area contributed by atoms with Crippen molar-refractivity contribution in [2.75, 3.05) is 39.8 Å². The average molecular weight is 326 g/mol. The Balaban J connectivity index is 1.50. The van der Waals surface area contributed by atoms with E-state index in [1.165, 1.54) is 5.56 Å². The second-order valence-electron chi connectivity index (χ2n) is 6.42. The average Bonchev–Trinajstić information content (AvgIpc) is 3.15. The number of carbonyl (C=O) groups is 1. The molecule has 0 aliphatic carbocycles. The molecule has 2 aromatic rings. The number of aromatic nitrogens is 1. The lowest BCUT2D eigenvalue weighted by Crippen LogP contribution is -2.47. The third kappa shape index (κ3) is 4.24. The molecule has 1 atom stereocenters. The number of hydrogen-bond donors (Lipinski definition) is 2. The first-order valence-electron chi connectivity index (χ1n) is 8.63. The zero-order valence-electron chi connectivity index (χ0n) is 14.2. The van der Waals surface area contributed by atoms with Gasteiger partial charge in [-0.2, -0.15) is 0 Å². The molecular formula is C19H26N4O. The first-order valence-corrected chi connectivity index (χ1v) is 8.63. The van der Waals surface area contributed by atoms with Crippen LogP contribution >= 0.6 is 0 Å². The number of carbonyl (C=O) groups excluding carboxylic acids is 1. The number of hydrogen-bond acceptors (Lipinski definition) is 3. The summed E-state index contributed by atoms with van der Waals surface area (Å²) in [6.45, 7) is 4.92. The van der Waals surface area contributed by atoms with Crippen LogP contribution in [0.1, 0.15) is 28.5 Å². The Morgan fingerprint density at radius 2 is 2.04 bits per heavy atom. The summed E-state index contributed by atoms with van der Waals surface area (Å²) in [6.07, 6.45) is 2.73. The number of rotatable bonds is 6. The third-order valence-electron chi connectivity index (χ3n) is 4.63. The summed E-state index contributed by atoms with van der Waals surface area (Å²) in [4.78, 5) is 19.8. The first kappa shape index (κ1) is 16.7. The Kier molecular flexibility index (Phi) is 5.67. The highest BCUT2D eigenvalue weighted by Gasteiger charge is 2.25. The second kappa shape index (κ2) is 8.13. The van der Waals surface area contributed by atoms with Crippen molar-refractivity contribution in [2.45, 2.75) is 12.5 Å². The molecule has 0 spiro atoms. The van der Waals surface area contributed by atoms with Gasteiger partial charge in [0.25, 0.3) is 5.91 Å². The molecule has 5 nitrogen and oxygen atoms in total. The third-order valence-corrected chi connectivity index (χ3v) is 4.63. The number of aromatic amines is 1. The summed E-state index contributed by atoms with van der Waals surface area (Å²) in [5, 5.41) is 2.98. The molecule has 2 heterocycles. The minimum Gasteiger partial charge on any atom is -0.357 e. The number of piperazine rings is 1. The number of amides is 1. The zero-order chi connectivity index (χ0) is 16.8. The van der Waals surface area contributed by atoms with Crippen molar-refractivity contribution in [3.05, 3.63) is 59.9 Å². The van der Waals surface area contributed by atoms with Gasteiger partial charge in [0.1, 0.15) is 5.69 Å². The summed E-state index contributed by atoms with van der Waals surface area (Å²) in [5.41, 5.74) is 2.00. The maximum Gasteiger partial charge on any atom is 0.267 e. The molecule has 1 amide bonds.